The summed E-state index contributed by atoms with van der Waals surface area (Å²) in [5.74, 6) is 1.45. The zero-order valence-electron chi connectivity index (χ0n) is 18.2. The zero-order chi connectivity index (χ0) is 23.1. The maximum absolute atomic E-state index is 11.3. The summed E-state index contributed by atoms with van der Waals surface area (Å²) >= 11 is 0. The summed E-state index contributed by atoms with van der Waals surface area (Å²) in [7, 11) is 1.59. The molecule has 0 saturated carbocycles. The van der Waals surface area contributed by atoms with Crippen LogP contribution in [0.1, 0.15) is 23.8 Å². The molecule has 170 valence electrons. The van der Waals surface area contributed by atoms with Crippen LogP contribution in [0.25, 0.3) is 22.7 Å². The van der Waals surface area contributed by atoms with Crippen molar-refractivity contribution in [3.05, 3.63) is 47.3 Å². The smallest absolute Gasteiger partial charge is 0.407 e. The molecule has 33 heavy (non-hydrogen) atoms. The van der Waals surface area contributed by atoms with Crippen molar-refractivity contribution in [3.63, 3.8) is 0 Å². The van der Waals surface area contributed by atoms with E-state index in [9.17, 15) is 15.0 Å². The number of pyridine rings is 1. The molecule has 2 aliphatic heterocycles. The molecule has 2 aliphatic rings. The highest BCUT2D eigenvalue weighted by molar-refractivity contribution is 5.94. The molecule has 2 N–H and O–H groups in total. The van der Waals surface area contributed by atoms with Crippen molar-refractivity contribution < 1.29 is 24.2 Å². The van der Waals surface area contributed by atoms with Gasteiger partial charge in [-0.2, -0.15) is 0 Å². The van der Waals surface area contributed by atoms with Crippen LogP contribution >= 0.6 is 0 Å². The van der Waals surface area contributed by atoms with Gasteiger partial charge in [-0.1, -0.05) is 0 Å². The maximum Gasteiger partial charge on any atom is 0.407 e. The molecule has 1 atom stereocenters. The summed E-state index contributed by atoms with van der Waals surface area (Å²) in [6.07, 6.45) is 2.39. The summed E-state index contributed by atoms with van der Waals surface area (Å²) in [6.45, 7) is 3.92. The lowest BCUT2D eigenvalue weighted by molar-refractivity contribution is 0.0708. The Morgan fingerprint density at radius 1 is 1.30 bits per heavy atom. The van der Waals surface area contributed by atoms with Gasteiger partial charge in [0.25, 0.3) is 0 Å². The average Bonchev–Trinajstić information content (AvgIpc) is 3.36. The van der Waals surface area contributed by atoms with E-state index in [-0.39, 0.29) is 17.6 Å². The Morgan fingerprint density at radius 3 is 2.91 bits per heavy atom. The molecule has 10 nitrogen and oxygen atoms in total. The molecule has 1 fully saturated rings. The van der Waals surface area contributed by atoms with Gasteiger partial charge in [-0.15, -0.1) is 10.2 Å². The number of ether oxygens (including phenoxy) is 1. The third kappa shape index (κ3) is 3.68. The number of methoxy groups -OCH3 is 1. The first kappa shape index (κ1) is 21.0. The standard InChI is InChI=1S/C23H23N5O5/c1-13-11-28(23(30)31)9-8-27(13)12-16-18(32-2)6-5-15-20(29)19(33-21(15)16)10-17-14-4-3-7-24-22(14)26-25-17/h3-7,10,13,29H,8-9,11-12H2,1-2H3,(H,30,31). The first-order chi connectivity index (χ1) is 16.0. The van der Waals surface area contributed by atoms with Crippen molar-refractivity contribution >= 4 is 34.7 Å². The van der Waals surface area contributed by atoms with Crippen LogP contribution in [0.5, 0.6) is 11.5 Å². The van der Waals surface area contributed by atoms with Gasteiger partial charge in [0.05, 0.1) is 18.1 Å². The molecule has 0 bridgehead atoms. The van der Waals surface area contributed by atoms with E-state index in [1.54, 1.807) is 37.6 Å². The van der Waals surface area contributed by atoms with Gasteiger partial charge < -0.3 is 24.3 Å². The Labute approximate surface area is 189 Å². The molecule has 1 aromatic carbocycles. The third-order valence-corrected chi connectivity index (χ3v) is 6.12. The van der Waals surface area contributed by atoms with Crippen molar-refractivity contribution in [2.45, 2.75) is 19.5 Å². The molecule has 10 heteroatoms. The van der Waals surface area contributed by atoms with Crippen LogP contribution in [0.2, 0.25) is 0 Å². The van der Waals surface area contributed by atoms with Gasteiger partial charge in [0.2, 0.25) is 0 Å². The van der Waals surface area contributed by atoms with E-state index >= 15 is 0 Å². The molecule has 5 rings (SSSR count). The number of nitrogens with zero attached hydrogens (tertiary/aromatic N) is 5. The number of carbonyl (C=O) groups is 1. The first-order valence-corrected chi connectivity index (χ1v) is 10.6. The molecule has 4 heterocycles. The summed E-state index contributed by atoms with van der Waals surface area (Å²) in [4.78, 5) is 19.1. The second kappa shape index (κ2) is 8.21. The van der Waals surface area contributed by atoms with Crippen molar-refractivity contribution in [2.75, 3.05) is 26.7 Å². The highest BCUT2D eigenvalue weighted by atomic mass is 16.5. The molecule has 0 aliphatic carbocycles. The van der Waals surface area contributed by atoms with Gasteiger partial charge in [-0.05, 0) is 31.2 Å². The van der Waals surface area contributed by atoms with Gasteiger partial charge in [-0.3, -0.25) is 4.90 Å². The Balaban J connectivity index is 1.52. The predicted molar refractivity (Wildman–Crippen MR) is 121 cm³/mol. The Morgan fingerprint density at radius 2 is 2.15 bits per heavy atom. The highest BCUT2D eigenvalue weighted by Crippen LogP contribution is 2.42. The minimum Gasteiger partial charge on any atom is -0.504 e. The number of hydrogen-bond donors (Lipinski definition) is 2. The summed E-state index contributed by atoms with van der Waals surface area (Å²) in [5.41, 5.74) is 2.63. The van der Waals surface area contributed by atoms with Crippen LogP contribution < -0.4 is 4.74 Å². The molecule has 0 radical (unpaired) electrons. The van der Waals surface area contributed by atoms with Gasteiger partial charge in [0, 0.05) is 50.1 Å². The summed E-state index contributed by atoms with van der Waals surface area (Å²) < 4.78 is 11.7. The van der Waals surface area contributed by atoms with E-state index in [0.717, 1.165) is 11.1 Å². The quantitative estimate of drug-likeness (QED) is 0.608. The topological polar surface area (TPSA) is 124 Å². The van der Waals surface area contributed by atoms with E-state index in [1.165, 1.54) is 4.90 Å². The van der Waals surface area contributed by atoms with Gasteiger partial charge in [-0.25, -0.2) is 9.78 Å². The summed E-state index contributed by atoms with van der Waals surface area (Å²) in [5, 5.41) is 29.0. The van der Waals surface area contributed by atoms with E-state index in [4.69, 9.17) is 9.15 Å². The Kier molecular flexibility index (Phi) is 5.21. The normalized spacial score (nSPS) is 19.4. The number of amides is 1. The predicted octanol–water partition coefficient (Wildman–Crippen LogP) is 4.32. The second-order valence-corrected chi connectivity index (χ2v) is 8.09. The minimum atomic E-state index is -0.907. The Hall–Kier alpha value is -3.92. The third-order valence-electron chi connectivity index (χ3n) is 6.12. The largest absolute Gasteiger partial charge is 0.504 e. The SMILES string of the molecule is COc1ccc2c(O)c(C=C3N=Nc4ncccc43)oc2c1CN1CCN(C(=O)O)CC1C. The number of piperazine rings is 1. The molecule has 3 aromatic rings. The monoisotopic (exact) mass is 449 g/mol. The van der Waals surface area contributed by atoms with Gasteiger partial charge in [0.1, 0.15) is 17.0 Å². The van der Waals surface area contributed by atoms with Crippen LogP contribution in [0, 0.1) is 0 Å². The van der Waals surface area contributed by atoms with Crippen molar-refractivity contribution in [3.8, 4) is 11.5 Å². The lowest BCUT2D eigenvalue weighted by Gasteiger charge is -2.38. The second-order valence-electron chi connectivity index (χ2n) is 8.09. The number of carboxylic acid groups (broad SMARTS) is 1. The lowest BCUT2D eigenvalue weighted by atomic mass is 10.1. The molecular weight excluding hydrogens is 426 g/mol. The fourth-order valence-electron chi connectivity index (χ4n) is 4.31. The molecular formula is C23H23N5O5. The van der Waals surface area contributed by atoms with Crippen LogP contribution in [-0.4, -0.2) is 63.9 Å². The number of rotatable bonds is 4. The van der Waals surface area contributed by atoms with E-state index in [2.05, 4.69) is 20.1 Å². The maximum atomic E-state index is 11.3. The molecule has 1 amide bonds. The average molecular weight is 449 g/mol. The van der Waals surface area contributed by atoms with Crippen LogP contribution in [-0.2, 0) is 6.54 Å². The number of aromatic hydroxyl groups is 1. The van der Waals surface area contributed by atoms with Crippen molar-refractivity contribution in [1.29, 1.82) is 0 Å². The van der Waals surface area contributed by atoms with Crippen LogP contribution in [0.4, 0.5) is 10.6 Å². The number of azo groups is 1. The zero-order valence-corrected chi connectivity index (χ0v) is 18.2. The number of hydrogen-bond acceptors (Lipinski definition) is 8. The van der Waals surface area contributed by atoms with Gasteiger partial charge in [0.15, 0.2) is 17.3 Å². The van der Waals surface area contributed by atoms with Crippen molar-refractivity contribution in [2.24, 2.45) is 10.2 Å². The number of fused-ring (bicyclic) bond motifs is 2. The van der Waals surface area contributed by atoms with Gasteiger partial charge >= 0.3 is 6.09 Å². The number of benzene rings is 1. The van der Waals surface area contributed by atoms with Crippen molar-refractivity contribution in [1.82, 2.24) is 14.8 Å². The molecule has 1 unspecified atom stereocenters. The number of aromatic nitrogens is 1. The van der Waals surface area contributed by atoms with Crippen LogP contribution in [0.15, 0.2) is 45.1 Å². The minimum absolute atomic E-state index is 0.0117. The first-order valence-electron chi connectivity index (χ1n) is 10.6. The van der Waals surface area contributed by atoms with Crippen LogP contribution in [0.3, 0.4) is 0 Å². The molecule has 1 saturated heterocycles. The number of furan rings is 1. The fourth-order valence-corrected chi connectivity index (χ4v) is 4.31. The summed E-state index contributed by atoms with van der Waals surface area (Å²) in [6, 6.07) is 7.24. The lowest BCUT2D eigenvalue weighted by Crippen LogP contribution is -2.52. The molecule has 2 aromatic heterocycles. The van der Waals surface area contributed by atoms with E-state index in [0.29, 0.717) is 54.4 Å². The molecule has 0 spiro atoms. The van der Waals surface area contributed by atoms with E-state index in [1.807, 2.05) is 13.0 Å². The fraction of sp³-hybridized carbons (Fsp3) is 0.304. The Bertz CT molecular complexity index is 1300. The van der Waals surface area contributed by atoms with E-state index < -0.39 is 6.09 Å². The highest BCUT2D eigenvalue weighted by Gasteiger charge is 2.29.